The highest BCUT2D eigenvalue weighted by Gasteiger charge is 2.41. The smallest absolute Gasteiger partial charge is 0.307 e. The number of aliphatic carboxylic acids is 1. The fraction of sp³-hybridized carbons (Fsp3) is 0.441. The summed E-state index contributed by atoms with van der Waals surface area (Å²) in [6.07, 6.45) is 4.79. The van der Waals surface area contributed by atoms with Gasteiger partial charge in [0.15, 0.2) is 0 Å². The molecule has 4 rings (SSSR count). The van der Waals surface area contributed by atoms with E-state index in [2.05, 4.69) is 4.90 Å². The molecule has 1 heterocycles. The van der Waals surface area contributed by atoms with Crippen molar-refractivity contribution in [2.75, 3.05) is 19.6 Å². The Kier molecular flexibility index (Phi) is 9.95. The molecule has 0 aromatic heterocycles. The third-order valence-electron chi connectivity index (χ3n) is 8.72. The molecule has 1 fully saturated rings. The first-order valence-corrected chi connectivity index (χ1v) is 14.3. The average Bonchev–Trinajstić information content (AvgIpc) is 2.96. The fourth-order valence-electron chi connectivity index (χ4n) is 6.17. The maximum absolute atomic E-state index is 12.1. The van der Waals surface area contributed by atoms with E-state index >= 15 is 0 Å². The molecule has 3 aromatic rings. The lowest BCUT2D eigenvalue weighted by molar-refractivity contribution is -0.136. The van der Waals surface area contributed by atoms with Crippen LogP contribution in [-0.2, 0) is 23.2 Å². The van der Waals surface area contributed by atoms with E-state index in [0.29, 0.717) is 6.42 Å². The van der Waals surface area contributed by atoms with Crippen molar-refractivity contribution in [3.63, 3.8) is 0 Å². The minimum Gasteiger partial charge on any atom is -0.481 e. The van der Waals surface area contributed by atoms with Gasteiger partial charge in [0.05, 0.1) is 12.5 Å². The van der Waals surface area contributed by atoms with Gasteiger partial charge in [-0.05, 0) is 111 Å². The van der Waals surface area contributed by atoms with Gasteiger partial charge in [0.1, 0.15) is 5.60 Å². The van der Waals surface area contributed by atoms with Crippen LogP contribution in [0.15, 0.2) is 72.8 Å². The quantitative estimate of drug-likeness (QED) is 0.282. The summed E-state index contributed by atoms with van der Waals surface area (Å²) in [6, 6.07) is 24.1. The molecule has 1 atom stereocenters. The van der Waals surface area contributed by atoms with Crippen molar-refractivity contribution < 1.29 is 20.1 Å². The van der Waals surface area contributed by atoms with Crippen molar-refractivity contribution in [1.82, 2.24) is 4.90 Å². The van der Waals surface area contributed by atoms with Crippen LogP contribution in [0.4, 0.5) is 0 Å². The van der Waals surface area contributed by atoms with Gasteiger partial charge < -0.3 is 20.2 Å². The minimum atomic E-state index is -0.993. The Morgan fingerprint density at radius 2 is 1.41 bits per heavy atom. The van der Waals surface area contributed by atoms with Crippen LogP contribution in [0.2, 0.25) is 0 Å². The van der Waals surface area contributed by atoms with E-state index in [4.69, 9.17) is 5.11 Å². The first-order valence-electron chi connectivity index (χ1n) is 14.3. The third kappa shape index (κ3) is 7.16. The Morgan fingerprint density at radius 1 is 0.872 bits per heavy atom. The Morgan fingerprint density at radius 3 is 1.97 bits per heavy atom. The summed E-state index contributed by atoms with van der Waals surface area (Å²) in [5.74, 6) is -0.661. The van der Waals surface area contributed by atoms with Gasteiger partial charge in [-0.25, -0.2) is 0 Å². The van der Waals surface area contributed by atoms with Gasteiger partial charge in [-0.3, -0.25) is 4.79 Å². The Bertz CT molecular complexity index is 1160. The minimum absolute atomic E-state index is 0.0463. The molecule has 3 aromatic carbocycles. The lowest BCUT2D eigenvalue weighted by atomic mass is 9.72. The van der Waals surface area contributed by atoms with Crippen LogP contribution in [-0.4, -0.2) is 51.9 Å². The van der Waals surface area contributed by atoms with Crippen molar-refractivity contribution >= 4 is 5.97 Å². The summed E-state index contributed by atoms with van der Waals surface area (Å²) in [6.45, 7) is 6.88. The molecule has 0 aliphatic carbocycles. The van der Waals surface area contributed by atoms with Gasteiger partial charge in [0, 0.05) is 0 Å². The monoisotopic (exact) mass is 529 g/mol. The first-order chi connectivity index (χ1) is 18.8. The summed E-state index contributed by atoms with van der Waals surface area (Å²) >= 11 is 0. The molecule has 39 heavy (non-hydrogen) atoms. The topological polar surface area (TPSA) is 81.0 Å². The van der Waals surface area contributed by atoms with Crippen molar-refractivity contribution in [3.8, 4) is 0 Å². The molecule has 5 heteroatoms. The number of hydrogen-bond donors (Lipinski definition) is 3. The molecule has 5 nitrogen and oxygen atoms in total. The van der Waals surface area contributed by atoms with E-state index < -0.39 is 11.6 Å². The van der Waals surface area contributed by atoms with Gasteiger partial charge in [-0.15, -0.1) is 0 Å². The van der Waals surface area contributed by atoms with Gasteiger partial charge in [0.2, 0.25) is 0 Å². The van der Waals surface area contributed by atoms with Gasteiger partial charge in [-0.2, -0.15) is 0 Å². The van der Waals surface area contributed by atoms with E-state index in [1.165, 1.54) is 5.56 Å². The van der Waals surface area contributed by atoms with Crippen LogP contribution in [0.5, 0.6) is 0 Å². The lowest BCUT2D eigenvalue weighted by Gasteiger charge is -2.42. The van der Waals surface area contributed by atoms with Crippen molar-refractivity contribution in [1.29, 1.82) is 0 Å². The molecule has 1 aliphatic rings. The van der Waals surface area contributed by atoms with Crippen molar-refractivity contribution in [2.45, 2.75) is 70.5 Å². The highest BCUT2D eigenvalue weighted by Crippen LogP contribution is 2.41. The van der Waals surface area contributed by atoms with E-state index in [9.17, 15) is 15.0 Å². The SMILES string of the molecule is Cc1c(CC[C@H](O)CCCN2CCC(C(O)(c3ccccc3)c3ccccc3)CC2)ccc(CC(=O)O)c1C. The van der Waals surface area contributed by atoms with Crippen molar-refractivity contribution in [2.24, 2.45) is 5.92 Å². The van der Waals surface area contributed by atoms with Crippen LogP contribution in [0.1, 0.15) is 65.5 Å². The molecule has 0 bridgehead atoms. The number of nitrogens with zero attached hydrogens (tertiary/aromatic N) is 1. The number of carboxylic acid groups (broad SMARTS) is 1. The number of likely N-dealkylation sites (tertiary alicyclic amines) is 1. The standard InChI is InChI=1S/C34H43NO4/c1-25-26(2)28(24-33(37)38)16-15-27(25)17-18-32(36)14-9-21-35-22-19-31(20-23-35)34(39,29-10-5-3-6-11-29)30-12-7-4-8-13-30/h3-8,10-13,15-16,31-32,36,39H,9,14,17-24H2,1-2H3,(H,37,38)/t32-/m1/s1. The number of carbonyl (C=O) groups is 1. The second-order valence-corrected chi connectivity index (χ2v) is 11.2. The van der Waals surface area contributed by atoms with E-state index in [1.807, 2.05) is 86.6 Å². The Hall–Kier alpha value is -2.99. The largest absolute Gasteiger partial charge is 0.481 e. The van der Waals surface area contributed by atoms with Crippen LogP contribution < -0.4 is 0 Å². The number of carboxylic acids is 1. The summed E-state index contributed by atoms with van der Waals surface area (Å²) < 4.78 is 0. The van der Waals surface area contributed by atoms with Gasteiger partial charge in [0.25, 0.3) is 0 Å². The number of aliphatic hydroxyl groups excluding tert-OH is 1. The second kappa shape index (κ2) is 13.4. The Labute approximate surface area is 233 Å². The van der Waals surface area contributed by atoms with Crippen molar-refractivity contribution in [3.05, 3.63) is 106 Å². The molecule has 3 N–H and O–H groups in total. The zero-order valence-corrected chi connectivity index (χ0v) is 23.4. The van der Waals surface area contributed by atoms with E-state index in [-0.39, 0.29) is 18.4 Å². The number of piperidine rings is 1. The normalized spacial score (nSPS) is 15.8. The predicted molar refractivity (Wildman–Crippen MR) is 156 cm³/mol. The van der Waals surface area contributed by atoms with Crippen LogP contribution in [0, 0.1) is 19.8 Å². The number of hydrogen-bond acceptors (Lipinski definition) is 4. The number of aryl methyl sites for hydroxylation is 1. The molecular formula is C34H43NO4. The average molecular weight is 530 g/mol. The Balaban J connectivity index is 1.25. The molecule has 1 saturated heterocycles. The highest BCUT2D eigenvalue weighted by molar-refractivity contribution is 5.71. The molecule has 0 spiro atoms. The van der Waals surface area contributed by atoms with Crippen LogP contribution in [0.25, 0.3) is 0 Å². The number of aliphatic hydroxyl groups is 2. The lowest BCUT2D eigenvalue weighted by Crippen LogP contribution is -2.44. The summed E-state index contributed by atoms with van der Waals surface area (Å²) in [7, 11) is 0. The van der Waals surface area contributed by atoms with Crippen LogP contribution in [0.3, 0.4) is 0 Å². The molecule has 0 unspecified atom stereocenters. The van der Waals surface area contributed by atoms with Gasteiger partial charge >= 0.3 is 5.97 Å². The molecule has 0 saturated carbocycles. The maximum atomic E-state index is 12.1. The maximum Gasteiger partial charge on any atom is 0.307 e. The molecule has 208 valence electrons. The summed E-state index contributed by atoms with van der Waals surface area (Å²) in [4.78, 5) is 13.5. The highest BCUT2D eigenvalue weighted by atomic mass is 16.4. The predicted octanol–water partition coefficient (Wildman–Crippen LogP) is 5.65. The zero-order chi connectivity index (χ0) is 27.8. The number of benzene rings is 3. The summed E-state index contributed by atoms with van der Waals surface area (Å²) in [5.41, 5.74) is 5.15. The number of rotatable bonds is 12. The molecule has 0 amide bonds. The van der Waals surface area contributed by atoms with E-state index in [1.54, 1.807) is 0 Å². The third-order valence-corrected chi connectivity index (χ3v) is 8.72. The van der Waals surface area contributed by atoms with Crippen LogP contribution >= 0.6 is 0 Å². The summed E-state index contributed by atoms with van der Waals surface area (Å²) in [5, 5.41) is 31.8. The first kappa shape index (κ1) is 29.0. The molecular weight excluding hydrogens is 486 g/mol. The zero-order valence-electron chi connectivity index (χ0n) is 23.4. The molecule has 0 radical (unpaired) electrons. The fourth-order valence-corrected chi connectivity index (χ4v) is 6.17. The van der Waals surface area contributed by atoms with E-state index in [0.717, 1.165) is 79.6 Å². The molecule has 1 aliphatic heterocycles. The van der Waals surface area contributed by atoms with Gasteiger partial charge in [-0.1, -0.05) is 72.8 Å². The second-order valence-electron chi connectivity index (χ2n) is 11.2.